The van der Waals surface area contributed by atoms with Gasteiger partial charge >= 0.3 is 5.69 Å². The maximum atomic E-state index is 16.2. The fraction of sp³-hybridized carbons (Fsp3) is 0.344. The van der Waals surface area contributed by atoms with Crippen molar-refractivity contribution in [1.82, 2.24) is 24.4 Å². The van der Waals surface area contributed by atoms with Crippen LogP contribution in [0.3, 0.4) is 0 Å². The van der Waals surface area contributed by atoms with Crippen LogP contribution in [0.25, 0.3) is 28.0 Å². The van der Waals surface area contributed by atoms with Crippen LogP contribution in [-0.4, -0.2) is 69.2 Å². The maximum Gasteiger partial charge on any atom is 0.355 e. The maximum absolute atomic E-state index is 16.2. The van der Waals surface area contributed by atoms with Crippen LogP contribution in [0.1, 0.15) is 37.9 Å². The standard InChI is InChI=1S/C32H32F2N6O4/c1-6-24(41)38-11-12-39(19(5)16-38)30-20-15-22(34)27(25-21(33)7-8-23-29(25)44-14-13-43-23)36-31(20)40(32(42)37-30)28-18(4)9-10-35-26(28)17(2)3/h6-10,15,17,19H,1,11-14,16H2,2-5H3/t19-/m0/s1. The Kier molecular flexibility index (Phi) is 7.52. The van der Waals surface area contributed by atoms with Gasteiger partial charge in [0.2, 0.25) is 5.91 Å². The van der Waals surface area contributed by atoms with Crippen LogP contribution in [0.4, 0.5) is 14.6 Å². The zero-order valence-corrected chi connectivity index (χ0v) is 24.9. The normalized spacial score (nSPS) is 16.5. The number of hydrogen-bond donors (Lipinski definition) is 0. The summed E-state index contributed by atoms with van der Waals surface area (Å²) in [4.78, 5) is 43.6. The quantitative estimate of drug-likeness (QED) is 0.307. The molecule has 1 amide bonds. The van der Waals surface area contributed by atoms with Gasteiger partial charge in [0, 0.05) is 31.9 Å². The van der Waals surface area contributed by atoms with Crippen molar-refractivity contribution in [2.75, 3.05) is 37.7 Å². The van der Waals surface area contributed by atoms with Crippen LogP contribution < -0.4 is 20.1 Å². The Morgan fingerprint density at radius 2 is 1.89 bits per heavy atom. The van der Waals surface area contributed by atoms with E-state index in [2.05, 4.69) is 21.5 Å². The highest BCUT2D eigenvalue weighted by molar-refractivity contribution is 5.92. The molecule has 0 N–H and O–H groups in total. The fourth-order valence-electron chi connectivity index (χ4n) is 5.90. The summed E-state index contributed by atoms with van der Waals surface area (Å²) in [6.45, 7) is 12.7. The van der Waals surface area contributed by atoms with E-state index >= 15 is 8.78 Å². The Bertz CT molecular complexity index is 1870. The SMILES string of the molecule is C=CC(=O)N1CCN(c2nc(=O)n(-c3c(C)ccnc3C(C)C)c3nc(-c4c(F)ccc5c4OCCO5)c(F)cc23)[C@@H](C)C1. The van der Waals surface area contributed by atoms with Gasteiger partial charge in [-0.1, -0.05) is 20.4 Å². The molecule has 2 aliphatic rings. The molecular formula is C32H32F2N6O4. The lowest BCUT2D eigenvalue weighted by molar-refractivity contribution is -0.126. The van der Waals surface area contributed by atoms with Crippen molar-refractivity contribution in [2.24, 2.45) is 0 Å². The molecule has 2 aliphatic heterocycles. The lowest BCUT2D eigenvalue weighted by Crippen LogP contribution is -2.54. The number of fused-ring (bicyclic) bond motifs is 2. The lowest BCUT2D eigenvalue weighted by atomic mass is 10.0. The Morgan fingerprint density at radius 1 is 1.11 bits per heavy atom. The van der Waals surface area contributed by atoms with Crippen molar-refractivity contribution < 1.29 is 23.0 Å². The summed E-state index contributed by atoms with van der Waals surface area (Å²) in [6.07, 6.45) is 2.92. The van der Waals surface area contributed by atoms with E-state index in [0.717, 1.165) is 5.56 Å². The number of carbonyl (C=O) groups is 1. The molecule has 4 aromatic rings. The molecule has 1 fully saturated rings. The molecule has 3 aromatic heterocycles. The summed E-state index contributed by atoms with van der Waals surface area (Å²) >= 11 is 0. The summed E-state index contributed by atoms with van der Waals surface area (Å²) in [6, 6.07) is 5.34. The summed E-state index contributed by atoms with van der Waals surface area (Å²) in [7, 11) is 0. The second-order valence-corrected chi connectivity index (χ2v) is 11.2. The molecule has 1 saturated heterocycles. The number of piperazine rings is 1. The van der Waals surface area contributed by atoms with E-state index in [1.165, 1.54) is 28.8 Å². The molecule has 5 heterocycles. The number of amides is 1. The molecule has 0 bridgehead atoms. The van der Waals surface area contributed by atoms with E-state index in [0.29, 0.717) is 31.0 Å². The molecule has 12 heteroatoms. The molecule has 0 aliphatic carbocycles. The number of ether oxygens (including phenoxy) is 2. The van der Waals surface area contributed by atoms with Crippen LogP contribution in [0.15, 0.2) is 47.9 Å². The predicted octanol–water partition coefficient (Wildman–Crippen LogP) is 4.55. The zero-order valence-electron chi connectivity index (χ0n) is 24.9. The van der Waals surface area contributed by atoms with E-state index in [1.54, 1.807) is 17.2 Å². The summed E-state index contributed by atoms with van der Waals surface area (Å²) in [5.74, 6) is -1.32. The minimum atomic E-state index is -0.827. The van der Waals surface area contributed by atoms with Crippen molar-refractivity contribution in [3.05, 3.63) is 76.5 Å². The molecule has 44 heavy (non-hydrogen) atoms. The number of aryl methyl sites for hydroxylation is 1. The third kappa shape index (κ3) is 4.83. The van der Waals surface area contributed by atoms with Gasteiger partial charge in [0.05, 0.1) is 22.3 Å². The number of pyridine rings is 2. The molecule has 0 unspecified atom stereocenters. The van der Waals surface area contributed by atoms with Gasteiger partial charge in [0.25, 0.3) is 0 Å². The van der Waals surface area contributed by atoms with Gasteiger partial charge in [-0.25, -0.2) is 23.1 Å². The predicted molar refractivity (Wildman–Crippen MR) is 162 cm³/mol. The van der Waals surface area contributed by atoms with Gasteiger partial charge in [-0.05, 0) is 55.7 Å². The largest absolute Gasteiger partial charge is 0.486 e. The molecule has 1 aromatic carbocycles. The molecule has 228 valence electrons. The van der Waals surface area contributed by atoms with Gasteiger partial charge in [-0.3, -0.25) is 9.78 Å². The van der Waals surface area contributed by atoms with Crippen molar-refractivity contribution in [3.8, 4) is 28.4 Å². The van der Waals surface area contributed by atoms with Crippen molar-refractivity contribution in [2.45, 2.75) is 39.7 Å². The van der Waals surface area contributed by atoms with Crippen molar-refractivity contribution in [1.29, 1.82) is 0 Å². The first-order chi connectivity index (χ1) is 21.1. The third-order valence-electron chi connectivity index (χ3n) is 8.01. The highest BCUT2D eigenvalue weighted by Crippen LogP contribution is 2.43. The van der Waals surface area contributed by atoms with Gasteiger partial charge in [-0.15, -0.1) is 0 Å². The van der Waals surface area contributed by atoms with E-state index in [1.807, 2.05) is 32.6 Å². The number of rotatable bonds is 5. The number of nitrogens with zero attached hydrogens (tertiary/aromatic N) is 6. The molecule has 6 rings (SSSR count). The summed E-state index contributed by atoms with van der Waals surface area (Å²) < 4.78 is 44.3. The third-order valence-corrected chi connectivity index (χ3v) is 8.01. The topological polar surface area (TPSA) is 103 Å². The number of benzene rings is 1. The zero-order chi connectivity index (χ0) is 31.3. The second kappa shape index (κ2) is 11.3. The molecule has 0 saturated carbocycles. The number of halogens is 2. The Morgan fingerprint density at radius 3 is 2.61 bits per heavy atom. The number of carbonyl (C=O) groups excluding carboxylic acids is 1. The Hall–Kier alpha value is -4.87. The van der Waals surface area contributed by atoms with E-state index in [-0.39, 0.29) is 70.7 Å². The first-order valence-corrected chi connectivity index (χ1v) is 14.5. The lowest BCUT2D eigenvalue weighted by Gasteiger charge is -2.40. The summed E-state index contributed by atoms with van der Waals surface area (Å²) in [5.41, 5.74) is 0.744. The van der Waals surface area contributed by atoms with Crippen LogP contribution in [0.2, 0.25) is 0 Å². The first kappa shape index (κ1) is 29.2. The van der Waals surface area contributed by atoms with E-state index in [4.69, 9.17) is 9.47 Å². The molecule has 1 atom stereocenters. The second-order valence-electron chi connectivity index (χ2n) is 11.2. The van der Waals surface area contributed by atoms with Crippen LogP contribution in [0.5, 0.6) is 11.5 Å². The average Bonchev–Trinajstić information content (AvgIpc) is 3.01. The van der Waals surface area contributed by atoms with E-state index < -0.39 is 17.3 Å². The molecular weight excluding hydrogens is 570 g/mol. The van der Waals surface area contributed by atoms with Crippen LogP contribution in [-0.2, 0) is 4.79 Å². The molecule has 0 radical (unpaired) electrons. The molecule has 0 spiro atoms. The Balaban J connectivity index is 1.65. The number of hydrogen-bond acceptors (Lipinski definition) is 8. The van der Waals surface area contributed by atoms with Gasteiger partial charge < -0.3 is 19.3 Å². The smallest absolute Gasteiger partial charge is 0.355 e. The monoisotopic (exact) mass is 602 g/mol. The van der Waals surface area contributed by atoms with Gasteiger partial charge in [0.15, 0.2) is 23.0 Å². The van der Waals surface area contributed by atoms with Crippen molar-refractivity contribution in [3.63, 3.8) is 0 Å². The average molecular weight is 603 g/mol. The fourth-order valence-corrected chi connectivity index (χ4v) is 5.90. The minimum Gasteiger partial charge on any atom is -0.486 e. The first-order valence-electron chi connectivity index (χ1n) is 14.5. The summed E-state index contributed by atoms with van der Waals surface area (Å²) in [5, 5.41) is 0.251. The highest BCUT2D eigenvalue weighted by atomic mass is 19.1. The van der Waals surface area contributed by atoms with Gasteiger partial charge in [0.1, 0.15) is 30.5 Å². The van der Waals surface area contributed by atoms with Crippen LogP contribution in [0, 0.1) is 18.6 Å². The number of aromatic nitrogens is 4. The van der Waals surface area contributed by atoms with Crippen molar-refractivity contribution >= 4 is 22.8 Å². The van der Waals surface area contributed by atoms with E-state index in [9.17, 15) is 9.59 Å². The molecule has 10 nitrogen and oxygen atoms in total. The van der Waals surface area contributed by atoms with Crippen LogP contribution >= 0.6 is 0 Å². The number of anilines is 1. The van der Waals surface area contributed by atoms with Gasteiger partial charge in [-0.2, -0.15) is 4.98 Å². The minimum absolute atomic E-state index is 0.0437. The Labute approximate surface area is 252 Å². The highest BCUT2D eigenvalue weighted by Gasteiger charge is 2.32.